The molecule has 0 aliphatic heterocycles. The smallest absolute Gasteiger partial charge is 0.266 e. The van der Waals surface area contributed by atoms with Gasteiger partial charge in [0.05, 0.1) is 17.9 Å². The second-order valence-electron chi connectivity index (χ2n) is 9.67. The van der Waals surface area contributed by atoms with Crippen LogP contribution in [0.15, 0.2) is 12.2 Å². The third-order valence-electron chi connectivity index (χ3n) is 6.22. The monoisotopic (exact) mass is 503 g/mol. The summed E-state index contributed by atoms with van der Waals surface area (Å²) in [5, 5.41) is 13.1. The van der Waals surface area contributed by atoms with Gasteiger partial charge in [0.2, 0.25) is 5.91 Å². The van der Waals surface area contributed by atoms with Crippen LogP contribution in [0.4, 0.5) is 0 Å². The molecule has 6 nitrogen and oxygen atoms in total. The Morgan fingerprint density at radius 3 is 1.85 bits per heavy atom. The predicted octanol–water partition coefficient (Wildman–Crippen LogP) is 6.73. The second-order valence-corrected chi connectivity index (χ2v) is 11.2. The highest BCUT2D eigenvalue weighted by Crippen LogP contribution is 2.13. The average molecular weight is 504 g/mol. The molecule has 0 aliphatic carbocycles. The zero-order valence-electron chi connectivity index (χ0n) is 22.0. The van der Waals surface area contributed by atoms with Gasteiger partial charge in [-0.2, -0.15) is 8.42 Å². The van der Waals surface area contributed by atoms with Gasteiger partial charge in [-0.1, -0.05) is 109 Å². The number of nitrogens with one attached hydrogen (secondary N) is 1. The number of allylic oxidation sites excluding steroid dienone is 2. The van der Waals surface area contributed by atoms with E-state index in [2.05, 4.69) is 31.3 Å². The van der Waals surface area contributed by atoms with Crippen molar-refractivity contribution in [3.05, 3.63) is 12.2 Å². The van der Waals surface area contributed by atoms with E-state index in [0.717, 1.165) is 64.2 Å². The summed E-state index contributed by atoms with van der Waals surface area (Å²) in [4.78, 5) is 12.3. The number of aliphatic hydroxyl groups excluding tert-OH is 1. The van der Waals surface area contributed by atoms with Crippen molar-refractivity contribution < 1.29 is 22.9 Å². The van der Waals surface area contributed by atoms with Gasteiger partial charge in [-0.05, 0) is 32.1 Å². The molecule has 0 aromatic carbocycles. The Bertz CT molecular complexity index is 606. The molecule has 0 saturated heterocycles. The lowest BCUT2D eigenvalue weighted by atomic mass is 10.0. The molecule has 0 aromatic heterocycles. The Labute approximate surface area is 210 Å². The van der Waals surface area contributed by atoms with Crippen molar-refractivity contribution in [3.63, 3.8) is 0 Å². The fourth-order valence-corrected chi connectivity index (χ4v) is 4.84. The van der Waals surface area contributed by atoms with Crippen molar-refractivity contribution in [3.8, 4) is 0 Å². The highest BCUT2D eigenvalue weighted by atomic mass is 32.2. The number of rotatable bonds is 24. The molecule has 0 radical (unpaired) electrons. The van der Waals surface area contributed by atoms with E-state index < -0.39 is 28.0 Å². The van der Waals surface area contributed by atoms with Gasteiger partial charge < -0.3 is 10.4 Å². The maximum atomic E-state index is 12.3. The molecule has 0 saturated carbocycles. The summed E-state index contributed by atoms with van der Waals surface area (Å²) in [5.41, 5.74) is 0. The van der Waals surface area contributed by atoms with E-state index in [1.807, 2.05) is 0 Å². The topological polar surface area (TPSA) is 104 Å². The fraction of sp³-hybridized carbons (Fsp3) is 0.889. The van der Waals surface area contributed by atoms with Crippen LogP contribution in [-0.2, 0) is 14.9 Å². The van der Waals surface area contributed by atoms with Crippen molar-refractivity contribution in [2.75, 3.05) is 5.75 Å². The molecule has 0 rings (SSSR count). The van der Waals surface area contributed by atoms with E-state index in [1.165, 1.54) is 44.9 Å². The summed E-state index contributed by atoms with van der Waals surface area (Å²) in [6.07, 6.45) is 23.1. The molecular weight excluding hydrogens is 450 g/mol. The van der Waals surface area contributed by atoms with E-state index in [0.29, 0.717) is 12.8 Å². The van der Waals surface area contributed by atoms with Crippen LogP contribution >= 0.6 is 0 Å². The third kappa shape index (κ3) is 22.9. The van der Waals surface area contributed by atoms with Gasteiger partial charge in [0.15, 0.2) is 0 Å². The lowest BCUT2D eigenvalue weighted by Gasteiger charge is -2.23. The first-order valence-corrected chi connectivity index (χ1v) is 15.5. The molecule has 34 heavy (non-hydrogen) atoms. The summed E-state index contributed by atoms with van der Waals surface area (Å²) in [6, 6.07) is -0.966. The molecule has 0 bridgehead atoms. The third-order valence-corrected chi connectivity index (χ3v) is 7.00. The number of carbonyl (C=O) groups excluding carboxylic acids is 1. The molecule has 0 heterocycles. The molecule has 0 aliphatic rings. The first-order valence-electron chi connectivity index (χ1n) is 13.9. The Balaban J connectivity index is 4.09. The van der Waals surface area contributed by atoms with Crippen LogP contribution in [0, 0.1) is 0 Å². The summed E-state index contributed by atoms with van der Waals surface area (Å²) >= 11 is 0. The largest absolute Gasteiger partial charge is 0.391 e. The fourth-order valence-electron chi connectivity index (χ4n) is 4.08. The summed E-state index contributed by atoms with van der Waals surface area (Å²) in [7, 11) is -4.29. The van der Waals surface area contributed by atoms with Crippen molar-refractivity contribution in [1.29, 1.82) is 0 Å². The lowest BCUT2D eigenvalue weighted by molar-refractivity contribution is -0.122. The molecule has 3 N–H and O–H groups in total. The second kappa shape index (κ2) is 22.5. The van der Waals surface area contributed by atoms with E-state index in [4.69, 9.17) is 0 Å². The quantitative estimate of drug-likeness (QED) is 0.0770. The molecule has 0 spiro atoms. The molecule has 7 heteroatoms. The van der Waals surface area contributed by atoms with Crippen molar-refractivity contribution >= 4 is 16.0 Å². The van der Waals surface area contributed by atoms with E-state index in [9.17, 15) is 22.9 Å². The van der Waals surface area contributed by atoms with Gasteiger partial charge in [0, 0.05) is 6.42 Å². The number of hydrogen-bond donors (Lipinski definition) is 3. The summed E-state index contributed by atoms with van der Waals surface area (Å²) in [5.74, 6) is -0.912. The van der Waals surface area contributed by atoms with Crippen molar-refractivity contribution in [1.82, 2.24) is 5.32 Å². The van der Waals surface area contributed by atoms with Crippen LogP contribution in [0.3, 0.4) is 0 Å². The van der Waals surface area contributed by atoms with Gasteiger partial charge in [0.1, 0.15) is 0 Å². The minimum atomic E-state index is -4.29. The maximum absolute atomic E-state index is 12.3. The Morgan fingerprint density at radius 2 is 1.26 bits per heavy atom. The van der Waals surface area contributed by atoms with Gasteiger partial charge in [0.25, 0.3) is 10.1 Å². The molecule has 2 atom stereocenters. The van der Waals surface area contributed by atoms with Gasteiger partial charge >= 0.3 is 0 Å². The molecule has 2 unspecified atom stereocenters. The SMILES string of the molecule is CCCC/C=C\CCCCCCCC(=O)NC(CS(=O)(=O)O)C(O)CCCCCCCCCC. The van der Waals surface area contributed by atoms with Crippen LogP contribution in [0.2, 0.25) is 0 Å². The van der Waals surface area contributed by atoms with Crippen LogP contribution in [0.25, 0.3) is 0 Å². The van der Waals surface area contributed by atoms with Crippen molar-refractivity contribution in [2.24, 2.45) is 0 Å². The number of unbranched alkanes of at least 4 members (excludes halogenated alkanes) is 14. The van der Waals surface area contributed by atoms with Crippen LogP contribution < -0.4 is 5.32 Å². The molecule has 0 aromatic rings. The zero-order valence-corrected chi connectivity index (χ0v) is 22.8. The van der Waals surface area contributed by atoms with E-state index in [1.54, 1.807) is 0 Å². The van der Waals surface area contributed by atoms with Gasteiger partial charge in [-0.15, -0.1) is 0 Å². The number of carbonyl (C=O) groups is 1. The molecule has 1 amide bonds. The normalized spacial score (nSPS) is 13.9. The molecular formula is C27H53NO5S. The number of amides is 1. The van der Waals surface area contributed by atoms with Gasteiger partial charge in [-0.3, -0.25) is 9.35 Å². The summed E-state index contributed by atoms with van der Waals surface area (Å²) in [6.45, 7) is 4.39. The minimum Gasteiger partial charge on any atom is -0.391 e. The van der Waals surface area contributed by atoms with Gasteiger partial charge in [-0.25, -0.2) is 0 Å². The van der Waals surface area contributed by atoms with Crippen LogP contribution in [0.5, 0.6) is 0 Å². The Kier molecular flexibility index (Phi) is 21.9. The molecule has 0 fully saturated rings. The lowest BCUT2D eigenvalue weighted by Crippen LogP contribution is -2.47. The van der Waals surface area contributed by atoms with E-state index >= 15 is 0 Å². The minimum absolute atomic E-state index is 0.262. The van der Waals surface area contributed by atoms with Crippen molar-refractivity contribution in [2.45, 2.75) is 148 Å². The first-order chi connectivity index (χ1) is 16.3. The average Bonchev–Trinajstić information content (AvgIpc) is 2.77. The standard InChI is InChI=1S/C27H53NO5S/c1-3-5-7-9-11-13-14-15-17-19-21-23-27(30)28-25(24-34(31,32)33)26(29)22-20-18-16-12-10-8-6-4-2/h9,11,25-26,29H,3-8,10,12-24H2,1-2H3,(H,28,30)(H,31,32,33)/b11-9-. The molecule has 202 valence electrons. The predicted molar refractivity (Wildman–Crippen MR) is 143 cm³/mol. The summed E-state index contributed by atoms with van der Waals surface area (Å²) < 4.78 is 32.0. The highest BCUT2D eigenvalue weighted by molar-refractivity contribution is 7.85. The first kappa shape index (κ1) is 33.1. The Hall–Kier alpha value is -0.920. The van der Waals surface area contributed by atoms with Crippen LogP contribution in [0.1, 0.15) is 136 Å². The Morgan fingerprint density at radius 1 is 0.765 bits per heavy atom. The number of hydrogen-bond acceptors (Lipinski definition) is 4. The highest BCUT2D eigenvalue weighted by Gasteiger charge is 2.25. The zero-order chi connectivity index (χ0) is 25.5. The van der Waals surface area contributed by atoms with E-state index in [-0.39, 0.29) is 5.91 Å². The number of aliphatic hydroxyl groups is 1. The maximum Gasteiger partial charge on any atom is 0.266 e. The van der Waals surface area contributed by atoms with Crippen LogP contribution in [-0.4, -0.2) is 41.9 Å².